The summed E-state index contributed by atoms with van der Waals surface area (Å²) in [6.45, 7) is 4.09. The van der Waals surface area contributed by atoms with Crippen molar-refractivity contribution in [1.29, 1.82) is 0 Å². The molecule has 4 aromatic rings. The van der Waals surface area contributed by atoms with Crippen molar-refractivity contribution in [3.8, 4) is 0 Å². The molecule has 1 heterocycles. The van der Waals surface area contributed by atoms with Gasteiger partial charge in [0.05, 0.1) is 39.5 Å². The highest BCUT2D eigenvalue weighted by Gasteiger charge is 2.33. The quantitative estimate of drug-likeness (QED) is 0.259. The fourth-order valence-electron chi connectivity index (χ4n) is 4.62. The summed E-state index contributed by atoms with van der Waals surface area (Å²) in [7, 11) is -3.70. The first-order chi connectivity index (χ1) is 18.7. The summed E-state index contributed by atoms with van der Waals surface area (Å²) in [6.07, 6.45) is 1.73. The third-order valence-corrected chi connectivity index (χ3v) is 9.08. The maximum Gasteiger partial charge on any atom is 0.271 e. The van der Waals surface area contributed by atoms with Gasteiger partial charge in [0.2, 0.25) is 0 Å². The van der Waals surface area contributed by atoms with E-state index in [1.807, 2.05) is 62.4 Å². The lowest BCUT2D eigenvalue weighted by molar-refractivity contribution is 0.0805. The molecule has 0 aliphatic heterocycles. The lowest BCUT2D eigenvalue weighted by Crippen LogP contribution is -2.47. The summed E-state index contributed by atoms with van der Waals surface area (Å²) in [6, 6.07) is 24.4. The van der Waals surface area contributed by atoms with Gasteiger partial charge in [-0.3, -0.25) is 9.78 Å². The standard InChI is InChI=1S/C31H35N3O4S/c1-22(2)17-18-25(39(37,38)24-13-7-4-8-14-24)20-30(35)28(19-23-11-5-3-6-12-23)34-31(36)29-21-32-26-15-9-10-16-27(26)33-29/h3-16,21-22,25,28,30,35H,17-20H2,1-2H3,(H,34,36). The van der Waals surface area contributed by atoms with E-state index in [4.69, 9.17) is 0 Å². The van der Waals surface area contributed by atoms with Crippen LogP contribution in [-0.4, -0.2) is 46.8 Å². The Morgan fingerprint density at radius 3 is 2.15 bits per heavy atom. The third kappa shape index (κ3) is 7.49. The van der Waals surface area contributed by atoms with Crippen LogP contribution in [-0.2, 0) is 16.3 Å². The van der Waals surface area contributed by atoms with Crippen LogP contribution < -0.4 is 5.32 Å². The predicted octanol–water partition coefficient (Wildman–Crippen LogP) is 5.00. The van der Waals surface area contributed by atoms with Crippen molar-refractivity contribution in [3.05, 3.63) is 102 Å². The number of benzene rings is 3. The zero-order valence-corrected chi connectivity index (χ0v) is 23.1. The van der Waals surface area contributed by atoms with Gasteiger partial charge in [-0.25, -0.2) is 13.4 Å². The first-order valence-corrected chi connectivity index (χ1v) is 14.8. The molecule has 0 radical (unpaired) electrons. The molecule has 0 aliphatic rings. The number of nitrogens with zero attached hydrogens (tertiary/aromatic N) is 2. The van der Waals surface area contributed by atoms with E-state index in [0.717, 1.165) is 5.56 Å². The molecular weight excluding hydrogens is 510 g/mol. The smallest absolute Gasteiger partial charge is 0.271 e. The van der Waals surface area contributed by atoms with E-state index in [1.54, 1.807) is 36.4 Å². The van der Waals surface area contributed by atoms with Crippen molar-refractivity contribution < 1.29 is 18.3 Å². The normalized spacial score (nSPS) is 14.2. The van der Waals surface area contributed by atoms with Crippen LogP contribution >= 0.6 is 0 Å². The SMILES string of the molecule is CC(C)CCC(CC(O)C(Cc1ccccc1)NC(=O)c1cnc2ccccc2n1)S(=O)(=O)c1ccccc1. The summed E-state index contributed by atoms with van der Waals surface area (Å²) >= 11 is 0. The van der Waals surface area contributed by atoms with Gasteiger partial charge in [0.1, 0.15) is 5.69 Å². The molecule has 0 fully saturated rings. The van der Waals surface area contributed by atoms with E-state index in [1.165, 1.54) is 6.20 Å². The predicted molar refractivity (Wildman–Crippen MR) is 153 cm³/mol. The van der Waals surface area contributed by atoms with Gasteiger partial charge in [0.25, 0.3) is 5.91 Å². The molecule has 7 nitrogen and oxygen atoms in total. The molecule has 0 aliphatic carbocycles. The fraction of sp³-hybridized carbons (Fsp3) is 0.323. The Morgan fingerprint density at radius 1 is 0.872 bits per heavy atom. The summed E-state index contributed by atoms with van der Waals surface area (Å²) in [4.78, 5) is 22.3. The second kappa shape index (κ2) is 13.0. The number of carbonyl (C=O) groups excluding carboxylic acids is 1. The van der Waals surface area contributed by atoms with Gasteiger partial charge in [-0.2, -0.15) is 0 Å². The first kappa shape index (κ1) is 28.4. The maximum atomic E-state index is 13.6. The summed E-state index contributed by atoms with van der Waals surface area (Å²) in [5.74, 6) is -0.167. The van der Waals surface area contributed by atoms with Crippen molar-refractivity contribution in [2.45, 2.75) is 61.8 Å². The molecule has 0 bridgehead atoms. The van der Waals surface area contributed by atoms with E-state index >= 15 is 0 Å². The summed E-state index contributed by atoms with van der Waals surface area (Å²) in [5, 5.41) is 13.6. The second-order valence-corrected chi connectivity index (χ2v) is 12.5. The van der Waals surface area contributed by atoms with E-state index in [-0.39, 0.29) is 17.0 Å². The molecule has 204 valence electrons. The van der Waals surface area contributed by atoms with Gasteiger partial charge in [-0.15, -0.1) is 0 Å². The average molecular weight is 546 g/mol. The van der Waals surface area contributed by atoms with Crippen molar-refractivity contribution in [2.24, 2.45) is 5.92 Å². The fourth-order valence-corrected chi connectivity index (χ4v) is 6.43. The molecule has 3 aromatic carbocycles. The Labute approximate surface area is 230 Å². The molecule has 4 rings (SSSR count). The number of aliphatic hydroxyl groups is 1. The van der Waals surface area contributed by atoms with Crippen LogP contribution in [0, 0.1) is 5.92 Å². The van der Waals surface area contributed by atoms with E-state index in [2.05, 4.69) is 15.3 Å². The van der Waals surface area contributed by atoms with Crippen LogP contribution in [0.3, 0.4) is 0 Å². The number of sulfone groups is 1. The number of rotatable bonds is 12. The van der Waals surface area contributed by atoms with Gasteiger partial charge in [0.15, 0.2) is 9.84 Å². The lowest BCUT2D eigenvalue weighted by Gasteiger charge is -2.28. The number of carbonyl (C=O) groups is 1. The number of aliphatic hydroxyl groups excluding tert-OH is 1. The highest BCUT2D eigenvalue weighted by atomic mass is 32.2. The number of fused-ring (bicyclic) bond motifs is 1. The van der Waals surface area contributed by atoms with Crippen LogP contribution in [0.1, 0.15) is 49.2 Å². The molecule has 2 N–H and O–H groups in total. The van der Waals surface area contributed by atoms with Gasteiger partial charge < -0.3 is 10.4 Å². The molecule has 0 spiro atoms. The number of hydrogen-bond acceptors (Lipinski definition) is 6. The van der Waals surface area contributed by atoms with E-state index < -0.39 is 33.1 Å². The van der Waals surface area contributed by atoms with Crippen molar-refractivity contribution >= 4 is 26.8 Å². The van der Waals surface area contributed by atoms with E-state index in [0.29, 0.717) is 36.2 Å². The van der Waals surface area contributed by atoms with Crippen LogP contribution in [0.4, 0.5) is 0 Å². The van der Waals surface area contributed by atoms with Gasteiger partial charge in [-0.1, -0.05) is 74.5 Å². The number of para-hydroxylation sites is 2. The Bertz CT molecular complexity index is 1480. The van der Waals surface area contributed by atoms with Crippen LogP contribution in [0.5, 0.6) is 0 Å². The Hall–Kier alpha value is -3.62. The highest BCUT2D eigenvalue weighted by molar-refractivity contribution is 7.92. The molecule has 8 heteroatoms. The maximum absolute atomic E-state index is 13.6. The van der Waals surface area contributed by atoms with Gasteiger partial charge in [0, 0.05) is 0 Å². The van der Waals surface area contributed by atoms with Crippen molar-refractivity contribution in [2.75, 3.05) is 0 Å². The van der Waals surface area contributed by atoms with E-state index in [9.17, 15) is 18.3 Å². The number of aromatic nitrogens is 2. The zero-order chi connectivity index (χ0) is 27.8. The van der Waals surface area contributed by atoms with Crippen molar-refractivity contribution in [3.63, 3.8) is 0 Å². The molecule has 3 unspecified atom stereocenters. The Morgan fingerprint density at radius 2 is 1.49 bits per heavy atom. The van der Waals surface area contributed by atoms with Crippen LogP contribution in [0.25, 0.3) is 11.0 Å². The summed E-state index contributed by atoms with van der Waals surface area (Å²) < 4.78 is 27.2. The van der Waals surface area contributed by atoms with Gasteiger partial charge in [-0.05, 0) is 61.4 Å². The minimum absolute atomic E-state index is 0.00880. The first-order valence-electron chi connectivity index (χ1n) is 13.3. The molecule has 0 saturated carbocycles. The van der Waals surface area contributed by atoms with Crippen LogP contribution in [0.15, 0.2) is 96.0 Å². The number of amides is 1. The highest BCUT2D eigenvalue weighted by Crippen LogP contribution is 2.26. The minimum atomic E-state index is -3.70. The Kier molecular flexibility index (Phi) is 9.43. The molecule has 0 saturated heterocycles. The van der Waals surface area contributed by atoms with Crippen LogP contribution in [0.2, 0.25) is 0 Å². The number of hydrogen-bond donors (Lipinski definition) is 2. The number of nitrogens with one attached hydrogen (secondary N) is 1. The van der Waals surface area contributed by atoms with Crippen molar-refractivity contribution in [1.82, 2.24) is 15.3 Å². The second-order valence-electron chi connectivity index (χ2n) is 10.3. The third-order valence-electron chi connectivity index (χ3n) is 6.84. The minimum Gasteiger partial charge on any atom is -0.391 e. The lowest BCUT2D eigenvalue weighted by atomic mass is 9.95. The summed E-state index contributed by atoms with van der Waals surface area (Å²) in [5.41, 5.74) is 2.31. The Balaban J connectivity index is 1.60. The molecule has 1 amide bonds. The molecular formula is C31H35N3O4S. The molecule has 1 aromatic heterocycles. The molecule has 3 atom stereocenters. The molecule has 39 heavy (non-hydrogen) atoms. The largest absolute Gasteiger partial charge is 0.391 e. The zero-order valence-electron chi connectivity index (χ0n) is 22.3. The monoisotopic (exact) mass is 545 g/mol. The van der Waals surface area contributed by atoms with Gasteiger partial charge >= 0.3 is 0 Å². The topological polar surface area (TPSA) is 109 Å². The average Bonchev–Trinajstić information content (AvgIpc) is 2.95.